The van der Waals surface area contributed by atoms with Crippen LogP contribution in [0.5, 0.6) is 0 Å². The normalized spacial score (nSPS) is 12.3. The van der Waals surface area contributed by atoms with Gasteiger partial charge in [-0.05, 0) is 17.9 Å². The maximum Gasteiger partial charge on any atom is 0.411 e. The van der Waals surface area contributed by atoms with Crippen LogP contribution < -0.4 is 10.0 Å². The third-order valence-electron chi connectivity index (χ3n) is 2.24. The van der Waals surface area contributed by atoms with E-state index < -0.39 is 35.3 Å². The predicted octanol–water partition coefficient (Wildman–Crippen LogP) is 1.11. The molecule has 0 spiro atoms. The zero-order chi connectivity index (χ0) is 16.6. The van der Waals surface area contributed by atoms with Crippen molar-refractivity contribution in [3.63, 3.8) is 0 Å². The van der Waals surface area contributed by atoms with Crippen molar-refractivity contribution in [2.45, 2.75) is 16.8 Å². The van der Waals surface area contributed by atoms with Gasteiger partial charge in [0.05, 0.1) is 6.54 Å². The molecule has 1 aromatic rings. The minimum Gasteiger partial charge on any atom is -0.372 e. The van der Waals surface area contributed by atoms with Crippen LogP contribution >= 0.6 is 11.3 Å². The molecule has 1 rings (SSSR count). The van der Waals surface area contributed by atoms with E-state index in [1.54, 1.807) is 11.4 Å². The van der Waals surface area contributed by atoms with Crippen LogP contribution in [0.15, 0.2) is 21.7 Å². The van der Waals surface area contributed by atoms with Gasteiger partial charge in [-0.25, -0.2) is 13.1 Å². The average Bonchev–Trinajstić information content (AvgIpc) is 2.94. The molecule has 2 N–H and O–H groups in total. The lowest BCUT2D eigenvalue weighted by molar-refractivity contribution is -0.174. The Kier molecular flexibility index (Phi) is 7.26. The number of alkyl halides is 3. The lowest BCUT2D eigenvalue weighted by Crippen LogP contribution is -2.37. The van der Waals surface area contributed by atoms with Crippen molar-refractivity contribution >= 4 is 27.3 Å². The maximum atomic E-state index is 11.8. The summed E-state index contributed by atoms with van der Waals surface area (Å²) in [6.45, 7) is -1.83. The molecule has 0 bridgehead atoms. The third-order valence-corrected chi connectivity index (χ3v) is 5.03. The second-order valence-corrected chi connectivity index (χ2v) is 7.07. The first kappa shape index (κ1) is 18.9. The molecule has 0 aromatic carbocycles. The number of hydrogen-bond acceptors (Lipinski definition) is 5. The van der Waals surface area contributed by atoms with E-state index >= 15 is 0 Å². The molecule has 0 aliphatic heterocycles. The Bertz CT molecular complexity index is 558. The first-order chi connectivity index (χ1) is 10.2. The van der Waals surface area contributed by atoms with Crippen LogP contribution in [0.4, 0.5) is 13.2 Å². The second kappa shape index (κ2) is 8.46. The van der Waals surface area contributed by atoms with Crippen LogP contribution in [0, 0.1) is 0 Å². The highest BCUT2D eigenvalue weighted by Crippen LogP contribution is 2.15. The number of carbonyl (C=O) groups is 1. The molecule has 6 nitrogen and oxygen atoms in total. The van der Waals surface area contributed by atoms with Crippen LogP contribution in [-0.2, 0) is 19.6 Å². The second-order valence-electron chi connectivity index (χ2n) is 4.13. The zero-order valence-corrected chi connectivity index (χ0v) is 13.0. The van der Waals surface area contributed by atoms with Crippen LogP contribution in [0.3, 0.4) is 0 Å². The van der Waals surface area contributed by atoms with Crippen LogP contribution in [0.25, 0.3) is 0 Å². The first-order valence-electron chi connectivity index (χ1n) is 6.15. The van der Waals surface area contributed by atoms with Crippen molar-refractivity contribution in [1.29, 1.82) is 0 Å². The number of amides is 1. The van der Waals surface area contributed by atoms with E-state index in [0.29, 0.717) is 0 Å². The molecule has 0 saturated carbocycles. The van der Waals surface area contributed by atoms with Gasteiger partial charge in [0, 0.05) is 13.2 Å². The Hall–Kier alpha value is -1.17. The Morgan fingerprint density at radius 2 is 2.09 bits per heavy atom. The van der Waals surface area contributed by atoms with Gasteiger partial charge in [-0.1, -0.05) is 6.07 Å². The number of thiophene rings is 1. The lowest BCUT2D eigenvalue weighted by Gasteiger charge is -2.08. The van der Waals surface area contributed by atoms with E-state index in [1.165, 1.54) is 6.07 Å². The van der Waals surface area contributed by atoms with Crippen LogP contribution in [0.1, 0.15) is 6.42 Å². The summed E-state index contributed by atoms with van der Waals surface area (Å²) in [7, 11) is -3.71. The van der Waals surface area contributed by atoms with Crippen molar-refractivity contribution in [2.75, 3.05) is 26.3 Å². The minimum atomic E-state index is -4.37. The molecule has 0 aliphatic carbocycles. The van der Waals surface area contributed by atoms with Gasteiger partial charge < -0.3 is 10.1 Å². The quantitative estimate of drug-likeness (QED) is 0.646. The summed E-state index contributed by atoms with van der Waals surface area (Å²) in [5.74, 6) is -0.573. The molecule has 0 fully saturated rings. The Morgan fingerprint density at radius 3 is 2.68 bits per heavy atom. The molecule has 126 valence electrons. The first-order valence-corrected chi connectivity index (χ1v) is 8.51. The molecule has 22 heavy (non-hydrogen) atoms. The molecular formula is C11H15F3N2O4S2. The summed E-state index contributed by atoms with van der Waals surface area (Å²) < 4.78 is 65.3. The number of sulfonamides is 1. The SMILES string of the molecule is O=C(CNS(=O)(=O)c1cccs1)NCCCOCC(F)(F)F. The Morgan fingerprint density at radius 1 is 1.36 bits per heavy atom. The molecule has 11 heteroatoms. The maximum absolute atomic E-state index is 11.8. The van der Waals surface area contributed by atoms with E-state index in [1.807, 2.05) is 0 Å². The summed E-state index contributed by atoms with van der Waals surface area (Å²) in [6, 6.07) is 2.98. The molecule has 0 atom stereocenters. The summed E-state index contributed by atoms with van der Waals surface area (Å²) in [5.41, 5.74) is 0. The number of nitrogens with one attached hydrogen (secondary N) is 2. The third kappa shape index (κ3) is 7.73. The van der Waals surface area contributed by atoms with Gasteiger partial charge in [0.2, 0.25) is 5.91 Å². The van der Waals surface area contributed by atoms with Gasteiger partial charge in [0.25, 0.3) is 10.0 Å². The van der Waals surface area contributed by atoms with Gasteiger partial charge in [-0.2, -0.15) is 13.2 Å². The molecule has 1 aromatic heterocycles. The number of halogens is 3. The molecule has 1 amide bonds. The van der Waals surface area contributed by atoms with Crippen LogP contribution in [0.2, 0.25) is 0 Å². The predicted molar refractivity (Wildman–Crippen MR) is 74.0 cm³/mol. The highest BCUT2D eigenvalue weighted by atomic mass is 32.2. The molecular weight excluding hydrogens is 345 g/mol. The van der Waals surface area contributed by atoms with Gasteiger partial charge in [-0.3, -0.25) is 4.79 Å². The van der Waals surface area contributed by atoms with Crippen LogP contribution in [-0.4, -0.2) is 46.8 Å². The van der Waals surface area contributed by atoms with Gasteiger partial charge >= 0.3 is 6.18 Å². The van der Waals surface area contributed by atoms with Crippen molar-refractivity contribution in [3.8, 4) is 0 Å². The number of carbonyl (C=O) groups excluding carboxylic acids is 1. The topological polar surface area (TPSA) is 84.5 Å². The minimum absolute atomic E-state index is 0.0947. The van der Waals surface area contributed by atoms with Gasteiger partial charge in [0.1, 0.15) is 10.8 Å². The van der Waals surface area contributed by atoms with E-state index in [-0.39, 0.29) is 23.8 Å². The monoisotopic (exact) mass is 360 g/mol. The van der Waals surface area contributed by atoms with E-state index in [0.717, 1.165) is 11.3 Å². The summed E-state index contributed by atoms with van der Waals surface area (Å²) >= 11 is 1.02. The van der Waals surface area contributed by atoms with E-state index in [2.05, 4.69) is 14.8 Å². The smallest absolute Gasteiger partial charge is 0.372 e. The molecule has 0 radical (unpaired) electrons. The Labute approximate surface area is 129 Å². The van der Waals surface area contributed by atoms with Crippen molar-refractivity contribution in [3.05, 3.63) is 17.5 Å². The lowest BCUT2D eigenvalue weighted by atomic mass is 10.4. The molecule has 0 aliphatic rings. The fourth-order valence-electron chi connectivity index (χ4n) is 1.30. The average molecular weight is 360 g/mol. The standard InChI is InChI=1S/C11H15F3N2O4S2/c12-11(13,14)8-20-5-2-4-15-9(17)7-16-22(18,19)10-3-1-6-21-10/h1,3,6,16H,2,4-5,7-8H2,(H,15,17). The summed E-state index contributed by atoms with van der Waals surface area (Å²) in [4.78, 5) is 11.4. The van der Waals surface area contributed by atoms with Crippen molar-refractivity contribution < 1.29 is 31.1 Å². The Balaban J connectivity index is 2.14. The van der Waals surface area contributed by atoms with E-state index in [4.69, 9.17) is 0 Å². The fourth-order valence-corrected chi connectivity index (χ4v) is 3.32. The highest BCUT2D eigenvalue weighted by molar-refractivity contribution is 7.91. The van der Waals surface area contributed by atoms with Crippen molar-refractivity contribution in [2.24, 2.45) is 0 Å². The zero-order valence-electron chi connectivity index (χ0n) is 11.4. The highest BCUT2D eigenvalue weighted by Gasteiger charge is 2.27. The molecule has 0 saturated heterocycles. The fraction of sp³-hybridized carbons (Fsp3) is 0.545. The van der Waals surface area contributed by atoms with Gasteiger partial charge in [-0.15, -0.1) is 11.3 Å². The summed E-state index contributed by atoms with van der Waals surface area (Å²) in [5, 5.41) is 3.97. The number of ether oxygens (including phenoxy) is 1. The van der Waals surface area contributed by atoms with Gasteiger partial charge in [0.15, 0.2) is 0 Å². The largest absolute Gasteiger partial charge is 0.411 e. The number of hydrogen-bond donors (Lipinski definition) is 2. The summed E-state index contributed by atoms with van der Waals surface area (Å²) in [6.07, 6.45) is -4.18. The van der Waals surface area contributed by atoms with Crippen molar-refractivity contribution in [1.82, 2.24) is 10.0 Å². The van der Waals surface area contributed by atoms with E-state index in [9.17, 15) is 26.4 Å². The molecule has 0 unspecified atom stereocenters. The molecule has 1 heterocycles. The number of rotatable bonds is 9.